The SMILES string of the molecule is COc1ccc2cc(Cl)c(Cl)nc2c1. The molecule has 0 spiro atoms. The van der Waals surface area contributed by atoms with Gasteiger partial charge in [-0.15, -0.1) is 0 Å². The minimum Gasteiger partial charge on any atom is -0.497 e. The van der Waals surface area contributed by atoms with Gasteiger partial charge in [0, 0.05) is 11.5 Å². The van der Waals surface area contributed by atoms with E-state index in [2.05, 4.69) is 4.98 Å². The molecule has 4 heteroatoms. The summed E-state index contributed by atoms with van der Waals surface area (Å²) in [5.41, 5.74) is 0.777. The molecule has 0 fully saturated rings. The predicted molar refractivity (Wildman–Crippen MR) is 58.3 cm³/mol. The van der Waals surface area contributed by atoms with Crippen molar-refractivity contribution in [1.29, 1.82) is 0 Å². The van der Waals surface area contributed by atoms with E-state index in [9.17, 15) is 0 Å². The number of benzene rings is 1. The fourth-order valence-electron chi connectivity index (χ4n) is 1.22. The van der Waals surface area contributed by atoms with Gasteiger partial charge in [0.15, 0.2) is 0 Å². The van der Waals surface area contributed by atoms with E-state index in [1.54, 1.807) is 13.2 Å². The number of methoxy groups -OCH3 is 1. The van der Waals surface area contributed by atoms with Crippen molar-refractivity contribution < 1.29 is 4.74 Å². The van der Waals surface area contributed by atoms with E-state index in [0.717, 1.165) is 16.7 Å². The predicted octanol–water partition coefficient (Wildman–Crippen LogP) is 3.55. The zero-order valence-corrected chi connectivity index (χ0v) is 8.93. The summed E-state index contributed by atoms with van der Waals surface area (Å²) >= 11 is 11.6. The summed E-state index contributed by atoms with van der Waals surface area (Å²) < 4.78 is 5.08. The van der Waals surface area contributed by atoms with Crippen molar-refractivity contribution in [2.45, 2.75) is 0 Å². The van der Waals surface area contributed by atoms with Crippen LogP contribution in [-0.4, -0.2) is 12.1 Å². The van der Waals surface area contributed by atoms with E-state index in [-0.39, 0.29) is 0 Å². The number of ether oxygens (including phenoxy) is 1. The van der Waals surface area contributed by atoms with Crippen LogP contribution in [0.4, 0.5) is 0 Å². The molecule has 0 radical (unpaired) electrons. The number of pyridine rings is 1. The van der Waals surface area contributed by atoms with E-state index in [1.807, 2.05) is 18.2 Å². The Morgan fingerprint density at radius 1 is 1.21 bits per heavy atom. The Labute approximate surface area is 91.4 Å². The Morgan fingerprint density at radius 3 is 2.71 bits per heavy atom. The van der Waals surface area contributed by atoms with Crippen LogP contribution in [0.1, 0.15) is 0 Å². The lowest BCUT2D eigenvalue weighted by Crippen LogP contribution is -1.85. The summed E-state index contributed by atoms with van der Waals surface area (Å²) in [6.07, 6.45) is 0. The number of nitrogens with zero attached hydrogens (tertiary/aromatic N) is 1. The van der Waals surface area contributed by atoms with Gasteiger partial charge < -0.3 is 4.74 Å². The monoisotopic (exact) mass is 227 g/mol. The summed E-state index contributed by atoms with van der Waals surface area (Å²) in [5.74, 6) is 0.753. The van der Waals surface area contributed by atoms with Crippen LogP contribution in [0.3, 0.4) is 0 Å². The van der Waals surface area contributed by atoms with E-state index in [1.165, 1.54) is 0 Å². The van der Waals surface area contributed by atoms with E-state index in [4.69, 9.17) is 27.9 Å². The number of halogens is 2. The van der Waals surface area contributed by atoms with Crippen LogP contribution in [0.5, 0.6) is 5.75 Å². The number of hydrogen-bond acceptors (Lipinski definition) is 2. The molecule has 0 bridgehead atoms. The van der Waals surface area contributed by atoms with Crippen molar-refractivity contribution >= 4 is 34.1 Å². The Kier molecular flexibility index (Phi) is 2.48. The van der Waals surface area contributed by atoms with Crippen LogP contribution in [0.25, 0.3) is 10.9 Å². The van der Waals surface area contributed by atoms with E-state index < -0.39 is 0 Å². The molecule has 2 nitrogen and oxygen atoms in total. The average molecular weight is 228 g/mol. The van der Waals surface area contributed by atoms with Gasteiger partial charge in [-0.2, -0.15) is 0 Å². The Hall–Kier alpha value is -0.990. The van der Waals surface area contributed by atoms with Gasteiger partial charge in [-0.3, -0.25) is 0 Å². The number of rotatable bonds is 1. The maximum atomic E-state index is 5.84. The lowest BCUT2D eigenvalue weighted by atomic mass is 10.2. The molecule has 0 atom stereocenters. The Balaban J connectivity index is 2.70. The van der Waals surface area contributed by atoms with Crippen molar-refractivity contribution in [1.82, 2.24) is 4.98 Å². The molecule has 1 aromatic heterocycles. The maximum absolute atomic E-state index is 5.84. The molecule has 1 heterocycles. The van der Waals surface area contributed by atoms with Crippen molar-refractivity contribution in [3.8, 4) is 5.75 Å². The Morgan fingerprint density at radius 2 is 2.00 bits per heavy atom. The third-order valence-electron chi connectivity index (χ3n) is 1.94. The molecule has 14 heavy (non-hydrogen) atoms. The summed E-state index contributed by atoms with van der Waals surface area (Å²) in [7, 11) is 1.61. The molecular weight excluding hydrogens is 221 g/mol. The van der Waals surface area contributed by atoms with Gasteiger partial charge in [0.05, 0.1) is 17.6 Å². The first kappa shape index (κ1) is 9.56. The average Bonchev–Trinajstić information content (AvgIpc) is 2.19. The second kappa shape index (κ2) is 3.64. The molecular formula is C10H7Cl2NO. The molecule has 0 amide bonds. The molecule has 0 unspecified atom stereocenters. The minimum atomic E-state index is 0.312. The molecule has 72 valence electrons. The summed E-state index contributed by atoms with van der Waals surface area (Å²) in [6, 6.07) is 7.35. The third kappa shape index (κ3) is 1.63. The Bertz CT molecular complexity index is 485. The second-order valence-electron chi connectivity index (χ2n) is 2.82. The first-order valence-electron chi connectivity index (χ1n) is 4.00. The third-order valence-corrected chi connectivity index (χ3v) is 2.61. The smallest absolute Gasteiger partial charge is 0.148 e. The van der Waals surface area contributed by atoms with Crippen LogP contribution in [0.2, 0.25) is 10.2 Å². The molecule has 0 saturated carbocycles. The van der Waals surface area contributed by atoms with Gasteiger partial charge in [-0.05, 0) is 18.2 Å². The molecule has 0 aliphatic rings. The quantitative estimate of drug-likeness (QED) is 0.696. The van der Waals surface area contributed by atoms with Crippen LogP contribution < -0.4 is 4.74 Å². The molecule has 2 rings (SSSR count). The van der Waals surface area contributed by atoms with Gasteiger partial charge in [0.1, 0.15) is 10.9 Å². The lowest BCUT2D eigenvalue weighted by Gasteiger charge is -2.03. The van der Waals surface area contributed by atoms with Crippen LogP contribution in [0.15, 0.2) is 24.3 Å². The van der Waals surface area contributed by atoms with E-state index >= 15 is 0 Å². The second-order valence-corrected chi connectivity index (χ2v) is 3.58. The highest BCUT2D eigenvalue weighted by Gasteiger charge is 2.03. The standard InChI is InChI=1S/C10H7Cl2NO/c1-14-7-3-2-6-4-8(11)10(12)13-9(6)5-7/h2-5H,1H3. The fourth-order valence-corrected chi connectivity index (χ4v) is 1.53. The molecule has 1 aromatic carbocycles. The van der Waals surface area contributed by atoms with Crippen molar-refractivity contribution in [2.24, 2.45) is 0 Å². The molecule has 0 N–H and O–H groups in total. The highest BCUT2D eigenvalue weighted by Crippen LogP contribution is 2.26. The lowest BCUT2D eigenvalue weighted by molar-refractivity contribution is 0.415. The first-order chi connectivity index (χ1) is 6.70. The van der Waals surface area contributed by atoms with Crippen LogP contribution >= 0.6 is 23.2 Å². The topological polar surface area (TPSA) is 22.1 Å². The highest BCUT2D eigenvalue weighted by atomic mass is 35.5. The molecule has 0 saturated heterocycles. The number of hydrogen-bond donors (Lipinski definition) is 0. The fraction of sp³-hybridized carbons (Fsp3) is 0.100. The number of fused-ring (bicyclic) bond motifs is 1. The van der Waals surface area contributed by atoms with E-state index in [0.29, 0.717) is 10.2 Å². The van der Waals surface area contributed by atoms with Crippen molar-refractivity contribution in [3.63, 3.8) is 0 Å². The molecule has 0 aliphatic carbocycles. The largest absolute Gasteiger partial charge is 0.497 e. The van der Waals surface area contributed by atoms with Gasteiger partial charge in [-0.1, -0.05) is 23.2 Å². The molecule has 0 aliphatic heterocycles. The molecule has 2 aromatic rings. The van der Waals surface area contributed by atoms with Gasteiger partial charge in [-0.25, -0.2) is 4.98 Å². The van der Waals surface area contributed by atoms with Crippen molar-refractivity contribution in [3.05, 3.63) is 34.4 Å². The van der Waals surface area contributed by atoms with Crippen molar-refractivity contribution in [2.75, 3.05) is 7.11 Å². The van der Waals surface area contributed by atoms with Crippen LogP contribution in [0, 0.1) is 0 Å². The number of aromatic nitrogens is 1. The normalized spacial score (nSPS) is 10.5. The summed E-state index contributed by atoms with van der Waals surface area (Å²) in [6.45, 7) is 0. The summed E-state index contributed by atoms with van der Waals surface area (Å²) in [5, 5.41) is 1.72. The first-order valence-corrected chi connectivity index (χ1v) is 4.76. The minimum absolute atomic E-state index is 0.312. The zero-order chi connectivity index (χ0) is 10.1. The summed E-state index contributed by atoms with van der Waals surface area (Å²) in [4.78, 5) is 4.14. The van der Waals surface area contributed by atoms with Gasteiger partial charge >= 0.3 is 0 Å². The van der Waals surface area contributed by atoms with Gasteiger partial charge in [0.2, 0.25) is 0 Å². The maximum Gasteiger partial charge on any atom is 0.148 e. The van der Waals surface area contributed by atoms with Gasteiger partial charge in [0.25, 0.3) is 0 Å². The zero-order valence-electron chi connectivity index (χ0n) is 7.42. The van der Waals surface area contributed by atoms with Crippen LogP contribution in [-0.2, 0) is 0 Å². The highest BCUT2D eigenvalue weighted by molar-refractivity contribution is 6.41.